The predicted molar refractivity (Wildman–Crippen MR) is 57.7 cm³/mol. The Bertz CT molecular complexity index is 376. The number of rotatable bonds is 3. The minimum Gasteiger partial charge on any atom is -0.496 e. The molecular weight excluding hydrogens is 190 g/mol. The summed E-state index contributed by atoms with van der Waals surface area (Å²) in [5.41, 5.74) is 4.90. The quantitative estimate of drug-likeness (QED) is 0.575. The average molecular weight is 205 g/mol. The number of hydrogen-bond donors (Lipinski definition) is 2. The van der Waals surface area contributed by atoms with Crippen LogP contribution in [0, 0.1) is 6.92 Å². The van der Waals surface area contributed by atoms with Gasteiger partial charge in [-0.2, -0.15) is 0 Å². The van der Waals surface area contributed by atoms with Gasteiger partial charge < -0.3 is 4.74 Å². The van der Waals surface area contributed by atoms with Crippen molar-refractivity contribution < 1.29 is 4.74 Å². The molecule has 3 N–H and O–H groups in total. The number of nitrogens with zero attached hydrogens (tertiary/aromatic N) is 1. The maximum absolute atomic E-state index is 5.54. The summed E-state index contributed by atoms with van der Waals surface area (Å²) in [4.78, 5) is 4.15. The highest BCUT2D eigenvalue weighted by Crippen LogP contribution is 2.25. The smallest absolute Gasteiger partial charge is 0.115 e. The average Bonchev–Trinajstić information content (AvgIpc) is 2.72. The van der Waals surface area contributed by atoms with Crippen molar-refractivity contribution in [1.29, 1.82) is 0 Å². The number of ether oxygens (including phenoxy) is 1. The Kier molecular flexibility index (Phi) is 2.99. The zero-order chi connectivity index (χ0) is 10.7. The second-order valence-corrected chi connectivity index (χ2v) is 3.64. The molecule has 2 heterocycles. The Morgan fingerprint density at radius 1 is 1.53 bits per heavy atom. The van der Waals surface area contributed by atoms with Crippen LogP contribution < -0.4 is 11.3 Å². The van der Waals surface area contributed by atoms with Crippen LogP contribution in [0.1, 0.15) is 23.6 Å². The third kappa shape index (κ3) is 2.16. The van der Waals surface area contributed by atoms with Crippen LogP contribution in [-0.2, 0) is 4.74 Å². The van der Waals surface area contributed by atoms with Gasteiger partial charge in [0.25, 0.3) is 0 Å². The van der Waals surface area contributed by atoms with Gasteiger partial charge in [0.2, 0.25) is 0 Å². The maximum atomic E-state index is 5.54. The molecule has 0 fully saturated rings. The largest absolute Gasteiger partial charge is 0.496 e. The number of aromatic nitrogens is 1. The zero-order valence-electron chi connectivity index (χ0n) is 8.73. The minimum atomic E-state index is -0.0834. The molecule has 0 saturated carbocycles. The van der Waals surface area contributed by atoms with Gasteiger partial charge in [-0.05, 0) is 24.1 Å². The molecule has 1 unspecified atom stereocenters. The van der Waals surface area contributed by atoms with Crippen molar-refractivity contribution in [2.24, 2.45) is 5.84 Å². The fourth-order valence-corrected chi connectivity index (χ4v) is 1.72. The molecule has 0 amide bonds. The first-order chi connectivity index (χ1) is 7.31. The molecule has 1 aliphatic heterocycles. The second-order valence-electron chi connectivity index (χ2n) is 3.64. The lowest BCUT2D eigenvalue weighted by Gasteiger charge is -2.17. The maximum Gasteiger partial charge on any atom is 0.115 e. The zero-order valence-corrected chi connectivity index (χ0v) is 8.73. The van der Waals surface area contributed by atoms with Crippen molar-refractivity contribution >= 4 is 0 Å². The second kappa shape index (κ2) is 4.42. The predicted octanol–water partition coefficient (Wildman–Crippen LogP) is 1.20. The highest BCUT2D eigenvalue weighted by atomic mass is 16.5. The molecule has 1 atom stereocenters. The van der Waals surface area contributed by atoms with E-state index >= 15 is 0 Å². The minimum absolute atomic E-state index is 0.0834. The molecule has 1 aromatic rings. The topological polar surface area (TPSA) is 60.2 Å². The molecule has 0 saturated heterocycles. The third-order valence-electron chi connectivity index (χ3n) is 2.41. The van der Waals surface area contributed by atoms with Crippen molar-refractivity contribution in [2.45, 2.75) is 19.4 Å². The van der Waals surface area contributed by atoms with Crippen LogP contribution in [0.25, 0.3) is 0 Å². The standard InChI is InChI=1S/C11H15N3O/c1-8-5-9(7-13-6-8)11(14-12)10-3-2-4-15-10/h3,5-7,11,14H,2,4,12H2,1H3. The van der Waals surface area contributed by atoms with Crippen LogP contribution in [0.5, 0.6) is 0 Å². The lowest BCUT2D eigenvalue weighted by atomic mass is 10.1. The monoisotopic (exact) mass is 205 g/mol. The molecule has 4 heteroatoms. The molecule has 2 rings (SSSR count). The molecule has 0 aromatic carbocycles. The molecule has 0 bridgehead atoms. The van der Waals surface area contributed by atoms with E-state index < -0.39 is 0 Å². The summed E-state index contributed by atoms with van der Waals surface area (Å²) in [7, 11) is 0. The Balaban J connectivity index is 2.26. The van der Waals surface area contributed by atoms with Crippen molar-refractivity contribution in [3.05, 3.63) is 41.4 Å². The molecule has 1 aromatic heterocycles. The fraction of sp³-hybridized carbons (Fsp3) is 0.364. The van der Waals surface area contributed by atoms with E-state index in [1.54, 1.807) is 6.20 Å². The SMILES string of the molecule is Cc1cncc(C(NN)C2=CCCO2)c1. The van der Waals surface area contributed by atoms with Crippen LogP contribution in [-0.4, -0.2) is 11.6 Å². The van der Waals surface area contributed by atoms with E-state index in [9.17, 15) is 0 Å². The molecule has 0 aliphatic carbocycles. The van der Waals surface area contributed by atoms with E-state index in [0.29, 0.717) is 0 Å². The van der Waals surface area contributed by atoms with E-state index in [4.69, 9.17) is 10.6 Å². The van der Waals surface area contributed by atoms with E-state index in [0.717, 1.165) is 29.9 Å². The molecule has 80 valence electrons. The van der Waals surface area contributed by atoms with Gasteiger partial charge in [-0.1, -0.05) is 6.07 Å². The normalized spacial score (nSPS) is 17.1. The molecule has 1 aliphatic rings. The molecule has 0 radical (unpaired) electrons. The van der Waals surface area contributed by atoms with Crippen molar-refractivity contribution in [1.82, 2.24) is 10.4 Å². The van der Waals surface area contributed by atoms with Crippen LogP contribution in [0.2, 0.25) is 0 Å². The number of hydrogen-bond acceptors (Lipinski definition) is 4. The lowest BCUT2D eigenvalue weighted by molar-refractivity contribution is 0.215. The number of nitrogens with one attached hydrogen (secondary N) is 1. The summed E-state index contributed by atoms with van der Waals surface area (Å²) in [6, 6.07) is 1.97. The van der Waals surface area contributed by atoms with Crippen LogP contribution in [0.15, 0.2) is 30.3 Å². The van der Waals surface area contributed by atoms with Crippen LogP contribution >= 0.6 is 0 Å². The summed E-state index contributed by atoms with van der Waals surface area (Å²) in [6.07, 6.45) is 6.64. The van der Waals surface area contributed by atoms with Crippen LogP contribution in [0.3, 0.4) is 0 Å². The Hall–Kier alpha value is -1.39. The Morgan fingerprint density at radius 3 is 3.00 bits per heavy atom. The van der Waals surface area contributed by atoms with Gasteiger partial charge in [0, 0.05) is 18.8 Å². The van der Waals surface area contributed by atoms with E-state index in [-0.39, 0.29) is 6.04 Å². The number of nitrogens with two attached hydrogens (primary N) is 1. The van der Waals surface area contributed by atoms with Gasteiger partial charge in [-0.3, -0.25) is 10.8 Å². The van der Waals surface area contributed by atoms with Crippen LogP contribution in [0.4, 0.5) is 0 Å². The van der Waals surface area contributed by atoms with E-state index in [1.807, 2.05) is 13.1 Å². The van der Waals surface area contributed by atoms with Gasteiger partial charge in [0.1, 0.15) is 11.8 Å². The van der Waals surface area contributed by atoms with Gasteiger partial charge >= 0.3 is 0 Å². The summed E-state index contributed by atoms with van der Waals surface area (Å²) < 4.78 is 5.49. The van der Waals surface area contributed by atoms with Crippen molar-refractivity contribution in [3.63, 3.8) is 0 Å². The highest BCUT2D eigenvalue weighted by molar-refractivity contribution is 5.26. The van der Waals surface area contributed by atoms with Gasteiger partial charge in [-0.25, -0.2) is 5.43 Å². The number of hydrazine groups is 1. The Labute approximate surface area is 89.1 Å². The summed E-state index contributed by atoms with van der Waals surface area (Å²) in [6.45, 7) is 2.75. The van der Waals surface area contributed by atoms with Gasteiger partial charge in [-0.15, -0.1) is 0 Å². The number of aryl methyl sites for hydroxylation is 1. The van der Waals surface area contributed by atoms with Gasteiger partial charge in [0.05, 0.1) is 6.61 Å². The third-order valence-corrected chi connectivity index (χ3v) is 2.41. The van der Waals surface area contributed by atoms with E-state index in [2.05, 4.69) is 22.6 Å². The lowest BCUT2D eigenvalue weighted by Crippen LogP contribution is -2.29. The van der Waals surface area contributed by atoms with Crippen molar-refractivity contribution in [2.75, 3.05) is 6.61 Å². The van der Waals surface area contributed by atoms with Crippen molar-refractivity contribution in [3.8, 4) is 0 Å². The first-order valence-electron chi connectivity index (χ1n) is 5.02. The summed E-state index contributed by atoms with van der Waals surface area (Å²) >= 11 is 0. The summed E-state index contributed by atoms with van der Waals surface area (Å²) in [5, 5.41) is 0. The van der Waals surface area contributed by atoms with E-state index in [1.165, 1.54) is 0 Å². The first-order valence-corrected chi connectivity index (χ1v) is 5.02. The highest BCUT2D eigenvalue weighted by Gasteiger charge is 2.19. The molecule has 4 nitrogen and oxygen atoms in total. The fourth-order valence-electron chi connectivity index (χ4n) is 1.72. The molecular formula is C11H15N3O. The molecule has 15 heavy (non-hydrogen) atoms. The molecule has 0 spiro atoms. The Morgan fingerprint density at radius 2 is 2.40 bits per heavy atom. The number of pyridine rings is 1. The van der Waals surface area contributed by atoms with Gasteiger partial charge in [0.15, 0.2) is 0 Å². The summed E-state index contributed by atoms with van der Waals surface area (Å²) in [5.74, 6) is 6.43. The first kappa shape index (κ1) is 10.1.